The van der Waals surface area contributed by atoms with Crippen molar-refractivity contribution < 1.29 is 9.59 Å². The second kappa shape index (κ2) is 7.20. The molecule has 3 aromatic rings. The molecule has 1 saturated heterocycles. The Bertz CT molecular complexity index is 1020. The fourth-order valence-electron chi connectivity index (χ4n) is 3.28. The van der Waals surface area contributed by atoms with Gasteiger partial charge >= 0.3 is 6.03 Å². The zero-order valence-corrected chi connectivity index (χ0v) is 16.9. The fraction of sp³-hybridized carbons (Fsp3) is 0.227. The lowest BCUT2D eigenvalue weighted by Crippen LogP contribution is -2.33. The van der Waals surface area contributed by atoms with Crippen molar-refractivity contribution in [3.63, 3.8) is 0 Å². The van der Waals surface area contributed by atoms with E-state index >= 15 is 0 Å². The number of carbonyl (C=O) groups excluding carboxylic acids is 2. The molecule has 6 heteroatoms. The fourth-order valence-corrected chi connectivity index (χ4v) is 4.10. The third kappa shape index (κ3) is 3.31. The highest BCUT2D eigenvalue weighted by atomic mass is 32.1. The minimum atomic E-state index is -0.523. The molecule has 1 fully saturated rings. The van der Waals surface area contributed by atoms with Crippen LogP contribution in [0.15, 0.2) is 53.9 Å². The number of carbonyl (C=O) groups is 2. The highest BCUT2D eigenvalue weighted by molar-refractivity contribution is 7.13. The highest BCUT2D eigenvalue weighted by Crippen LogP contribution is 2.29. The van der Waals surface area contributed by atoms with Crippen LogP contribution in [0.2, 0.25) is 0 Å². The Labute approximate surface area is 168 Å². The molecule has 3 amide bonds. The Kier molecular flexibility index (Phi) is 4.73. The number of rotatable bonds is 4. The van der Waals surface area contributed by atoms with E-state index in [0.29, 0.717) is 0 Å². The second-order valence-electron chi connectivity index (χ2n) is 7.10. The van der Waals surface area contributed by atoms with Crippen molar-refractivity contribution in [2.45, 2.75) is 33.4 Å². The van der Waals surface area contributed by atoms with Gasteiger partial charge in [-0.05, 0) is 32.9 Å². The van der Waals surface area contributed by atoms with Crippen LogP contribution < -0.4 is 4.90 Å². The Morgan fingerprint density at radius 2 is 1.57 bits per heavy atom. The topological polar surface area (TPSA) is 53.5 Å². The van der Waals surface area contributed by atoms with Gasteiger partial charge in [-0.3, -0.25) is 14.6 Å². The van der Waals surface area contributed by atoms with Crippen LogP contribution in [0.25, 0.3) is 10.6 Å². The maximum Gasteiger partial charge on any atom is 0.332 e. The third-order valence-electron chi connectivity index (χ3n) is 4.93. The summed E-state index contributed by atoms with van der Waals surface area (Å²) in [4.78, 5) is 33.1. The summed E-state index contributed by atoms with van der Waals surface area (Å²) in [6.45, 7) is 5.98. The first-order chi connectivity index (χ1) is 13.4. The molecule has 1 atom stereocenters. The van der Waals surface area contributed by atoms with Crippen molar-refractivity contribution in [3.8, 4) is 10.6 Å². The summed E-state index contributed by atoms with van der Waals surface area (Å²) in [5.41, 5.74) is 4.80. The van der Waals surface area contributed by atoms with Crippen molar-refractivity contribution in [2.24, 2.45) is 0 Å². The number of aromatic nitrogens is 1. The smallest absolute Gasteiger partial charge is 0.282 e. The van der Waals surface area contributed by atoms with E-state index in [2.05, 4.69) is 4.98 Å². The molecule has 0 N–H and O–H groups in total. The van der Waals surface area contributed by atoms with E-state index in [4.69, 9.17) is 0 Å². The molecule has 0 spiro atoms. The van der Waals surface area contributed by atoms with Gasteiger partial charge in [0.05, 0.1) is 12.2 Å². The van der Waals surface area contributed by atoms with Crippen LogP contribution in [0, 0.1) is 13.8 Å². The molecule has 2 heterocycles. The first-order valence-corrected chi connectivity index (χ1v) is 10.0. The number of hydrogen-bond acceptors (Lipinski definition) is 4. The lowest BCUT2D eigenvalue weighted by Gasteiger charge is -2.19. The number of aryl methyl sites for hydroxylation is 2. The van der Waals surface area contributed by atoms with Crippen LogP contribution in [-0.2, 0) is 11.3 Å². The minimum absolute atomic E-state index is 0.187. The number of anilines is 1. The van der Waals surface area contributed by atoms with Gasteiger partial charge in [0.25, 0.3) is 5.91 Å². The van der Waals surface area contributed by atoms with Gasteiger partial charge in [0, 0.05) is 16.6 Å². The van der Waals surface area contributed by atoms with Gasteiger partial charge < -0.3 is 0 Å². The molecule has 0 unspecified atom stereocenters. The molecule has 1 aromatic heterocycles. The van der Waals surface area contributed by atoms with E-state index in [-0.39, 0.29) is 18.5 Å². The number of amides is 3. The van der Waals surface area contributed by atoms with Crippen molar-refractivity contribution in [2.75, 3.05) is 4.90 Å². The monoisotopic (exact) mass is 391 g/mol. The molecule has 1 aliphatic heterocycles. The van der Waals surface area contributed by atoms with Gasteiger partial charge in [-0.2, -0.15) is 0 Å². The van der Waals surface area contributed by atoms with Gasteiger partial charge in [-0.1, -0.05) is 47.5 Å². The largest absolute Gasteiger partial charge is 0.332 e. The summed E-state index contributed by atoms with van der Waals surface area (Å²) in [5, 5.41) is 2.80. The second-order valence-corrected chi connectivity index (χ2v) is 7.96. The molecule has 1 aliphatic rings. The molecule has 28 heavy (non-hydrogen) atoms. The van der Waals surface area contributed by atoms with E-state index in [1.165, 1.54) is 21.8 Å². The van der Waals surface area contributed by atoms with Gasteiger partial charge in [0.2, 0.25) is 0 Å². The molecule has 0 saturated carbocycles. The van der Waals surface area contributed by atoms with E-state index in [9.17, 15) is 9.59 Å². The highest BCUT2D eigenvalue weighted by Gasteiger charge is 2.43. The Morgan fingerprint density at radius 1 is 0.964 bits per heavy atom. The lowest BCUT2D eigenvalue weighted by molar-refractivity contribution is -0.127. The predicted octanol–water partition coefficient (Wildman–Crippen LogP) is 4.78. The first kappa shape index (κ1) is 18.4. The van der Waals surface area contributed by atoms with Crippen LogP contribution in [0.4, 0.5) is 10.5 Å². The molecule has 2 aromatic carbocycles. The summed E-state index contributed by atoms with van der Waals surface area (Å²) in [5.74, 6) is -0.199. The van der Waals surface area contributed by atoms with Crippen molar-refractivity contribution in [3.05, 3.63) is 70.7 Å². The molecule has 0 aliphatic carbocycles. The summed E-state index contributed by atoms with van der Waals surface area (Å²) in [7, 11) is 0. The summed E-state index contributed by atoms with van der Waals surface area (Å²) in [6.07, 6.45) is 0. The number of imide groups is 1. The van der Waals surface area contributed by atoms with E-state index in [0.717, 1.165) is 27.5 Å². The van der Waals surface area contributed by atoms with Gasteiger partial charge in [0.15, 0.2) is 0 Å². The average molecular weight is 391 g/mol. The van der Waals surface area contributed by atoms with E-state index in [1.807, 2.05) is 67.8 Å². The van der Waals surface area contributed by atoms with Gasteiger partial charge in [-0.25, -0.2) is 9.78 Å². The van der Waals surface area contributed by atoms with Crippen LogP contribution in [0.5, 0.6) is 0 Å². The van der Waals surface area contributed by atoms with Crippen LogP contribution >= 0.6 is 11.3 Å². The SMILES string of the molecule is Cc1ccc(-c2nc(CN3C(=O)[C@@H](C)N(c4ccc(C)cc4)C3=O)cs2)cc1. The van der Waals surface area contributed by atoms with Crippen LogP contribution in [-0.4, -0.2) is 27.9 Å². The van der Waals surface area contributed by atoms with Crippen molar-refractivity contribution in [1.29, 1.82) is 0 Å². The van der Waals surface area contributed by atoms with Crippen molar-refractivity contribution >= 4 is 29.0 Å². The number of nitrogens with zero attached hydrogens (tertiary/aromatic N) is 3. The number of benzene rings is 2. The molecule has 0 bridgehead atoms. The minimum Gasteiger partial charge on any atom is -0.282 e. The van der Waals surface area contributed by atoms with Crippen LogP contribution in [0.3, 0.4) is 0 Å². The molecule has 4 rings (SSSR count). The maximum atomic E-state index is 12.9. The van der Waals surface area contributed by atoms with Crippen molar-refractivity contribution in [1.82, 2.24) is 9.88 Å². The summed E-state index contributed by atoms with van der Waals surface area (Å²) < 4.78 is 0. The van der Waals surface area contributed by atoms with Gasteiger partial charge in [0.1, 0.15) is 11.0 Å². The summed E-state index contributed by atoms with van der Waals surface area (Å²) in [6, 6.07) is 15.0. The standard InChI is InChI=1S/C22H21N3O2S/c1-14-4-8-17(9-5-14)20-23-18(13-28-20)12-24-21(26)16(3)25(22(24)27)19-10-6-15(2)7-11-19/h4-11,13,16H,12H2,1-3H3/t16-/m1/s1. The first-order valence-electron chi connectivity index (χ1n) is 9.17. The summed E-state index contributed by atoms with van der Waals surface area (Å²) >= 11 is 1.52. The Balaban J connectivity index is 1.55. The third-order valence-corrected chi connectivity index (χ3v) is 5.87. The quantitative estimate of drug-likeness (QED) is 0.601. The maximum absolute atomic E-state index is 12.9. The Morgan fingerprint density at radius 3 is 2.21 bits per heavy atom. The zero-order valence-electron chi connectivity index (χ0n) is 16.0. The van der Waals surface area contributed by atoms with Gasteiger partial charge in [-0.15, -0.1) is 11.3 Å². The normalized spacial score (nSPS) is 16.9. The lowest BCUT2D eigenvalue weighted by atomic mass is 10.2. The molecule has 142 valence electrons. The average Bonchev–Trinajstić information content (AvgIpc) is 3.23. The number of hydrogen-bond donors (Lipinski definition) is 0. The predicted molar refractivity (Wildman–Crippen MR) is 111 cm³/mol. The molecule has 5 nitrogen and oxygen atoms in total. The number of thiazole rings is 1. The molecular formula is C22H21N3O2S. The zero-order chi connectivity index (χ0) is 19.8. The number of urea groups is 1. The van der Waals surface area contributed by atoms with E-state index < -0.39 is 6.04 Å². The molecular weight excluding hydrogens is 370 g/mol. The van der Waals surface area contributed by atoms with Crippen LogP contribution in [0.1, 0.15) is 23.7 Å². The van der Waals surface area contributed by atoms with E-state index in [1.54, 1.807) is 11.8 Å². The molecule has 0 radical (unpaired) electrons. The Hall–Kier alpha value is -2.99.